The minimum Gasteiger partial charge on any atom is -0.325 e. The maximum atomic E-state index is 12.5. The van der Waals surface area contributed by atoms with Crippen molar-refractivity contribution >= 4 is 45.0 Å². The lowest BCUT2D eigenvalue weighted by molar-refractivity contribution is -0.113. The molecule has 0 atom stereocenters. The molecule has 0 bridgehead atoms. The molecule has 8 heteroatoms. The number of benzene rings is 2. The van der Waals surface area contributed by atoms with Crippen molar-refractivity contribution in [3.05, 3.63) is 53.6 Å². The van der Waals surface area contributed by atoms with Crippen molar-refractivity contribution in [1.29, 1.82) is 0 Å². The van der Waals surface area contributed by atoms with E-state index in [1.165, 1.54) is 28.2 Å². The van der Waals surface area contributed by atoms with Crippen LogP contribution in [-0.2, 0) is 14.8 Å². The molecule has 1 fully saturated rings. The molecule has 1 aliphatic rings. The summed E-state index contributed by atoms with van der Waals surface area (Å²) in [7, 11) is -3.43. The first kappa shape index (κ1) is 19.2. The molecule has 2 aromatic carbocycles. The van der Waals surface area contributed by atoms with Crippen molar-refractivity contribution in [2.75, 3.05) is 24.2 Å². The number of amides is 1. The zero-order valence-electron chi connectivity index (χ0n) is 14.0. The van der Waals surface area contributed by atoms with E-state index in [4.69, 9.17) is 11.6 Å². The predicted octanol–water partition coefficient (Wildman–Crippen LogP) is 3.86. The molecule has 1 amide bonds. The molecular weight excluding hydrogens is 392 g/mol. The SMILES string of the molecule is O=C(CSc1ccc(Cl)cc1)Nc1ccc(S(=O)(=O)N2CCCC2)cc1. The minimum atomic E-state index is -3.43. The maximum Gasteiger partial charge on any atom is 0.243 e. The second kappa shape index (κ2) is 8.43. The molecule has 0 unspecified atom stereocenters. The minimum absolute atomic E-state index is 0.153. The number of carbonyl (C=O) groups is 1. The molecule has 5 nitrogen and oxygen atoms in total. The van der Waals surface area contributed by atoms with Gasteiger partial charge in [0.2, 0.25) is 15.9 Å². The third kappa shape index (κ3) is 4.79. The summed E-state index contributed by atoms with van der Waals surface area (Å²) in [6.45, 7) is 1.14. The Kier molecular flexibility index (Phi) is 6.24. The Balaban J connectivity index is 1.56. The Morgan fingerprint density at radius 1 is 1.04 bits per heavy atom. The van der Waals surface area contributed by atoms with Gasteiger partial charge in [0, 0.05) is 28.7 Å². The topological polar surface area (TPSA) is 66.5 Å². The van der Waals surface area contributed by atoms with Crippen LogP contribution in [0, 0.1) is 0 Å². The van der Waals surface area contributed by atoms with Crippen LogP contribution >= 0.6 is 23.4 Å². The highest BCUT2D eigenvalue weighted by Crippen LogP contribution is 2.23. The van der Waals surface area contributed by atoms with Gasteiger partial charge in [-0.05, 0) is 61.4 Å². The number of sulfonamides is 1. The van der Waals surface area contributed by atoms with Crippen molar-refractivity contribution < 1.29 is 13.2 Å². The molecule has 138 valence electrons. The van der Waals surface area contributed by atoms with Crippen molar-refractivity contribution in [3.8, 4) is 0 Å². The van der Waals surface area contributed by atoms with Crippen LogP contribution in [0.3, 0.4) is 0 Å². The fourth-order valence-corrected chi connectivity index (χ4v) is 5.01. The molecule has 1 heterocycles. The Morgan fingerprint density at radius 3 is 2.27 bits per heavy atom. The first-order chi connectivity index (χ1) is 12.4. The summed E-state index contributed by atoms with van der Waals surface area (Å²) in [6.07, 6.45) is 1.80. The summed E-state index contributed by atoms with van der Waals surface area (Å²) in [5, 5.41) is 3.43. The molecule has 1 aliphatic heterocycles. The standard InChI is InChI=1S/C18H19ClN2O3S2/c19-14-3-7-16(8-4-14)25-13-18(22)20-15-5-9-17(10-6-15)26(23,24)21-11-1-2-12-21/h3-10H,1-2,11-13H2,(H,20,22). The maximum absolute atomic E-state index is 12.5. The van der Waals surface area contributed by atoms with Crippen LogP contribution in [0.2, 0.25) is 5.02 Å². The Morgan fingerprint density at radius 2 is 1.65 bits per heavy atom. The number of rotatable bonds is 6. The second-order valence-corrected chi connectivity index (χ2v) is 9.35. The van der Waals surface area contributed by atoms with Crippen LogP contribution in [0.5, 0.6) is 0 Å². The van der Waals surface area contributed by atoms with Gasteiger partial charge in [-0.1, -0.05) is 11.6 Å². The number of hydrogen-bond donors (Lipinski definition) is 1. The highest BCUT2D eigenvalue weighted by atomic mass is 35.5. The lowest BCUT2D eigenvalue weighted by Gasteiger charge is -2.15. The largest absolute Gasteiger partial charge is 0.325 e. The molecule has 0 saturated carbocycles. The van der Waals surface area contributed by atoms with E-state index in [0.717, 1.165) is 17.7 Å². The van der Waals surface area contributed by atoms with Crippen LogP contribution in [0.1, 0.15) is 12.8 Å². The molecule has 2 aromatic rings. The number of carbonyl (C=O) groups excluding carboxylic acids is 1. The molecule has 1 saturated heterocycles. The molecule has 0 radical (unpaired) electrons. The zero-order valence-corrected chi connectivity index (χ0v) is 16.4. The van der Waals surface area contributed by atoms with Crippen LogP contribution in [0.25, 0.3) is 0 Å². The van der Waals surface area contributed by atoms with Gasteiger partial charge in [0.15, 0.2) is 0 Å². The van der Waals surface area contributed by atoms with E-state index in [2.05, 4.69) is 5.32 Å². The monoisotopic (exact) mass is 410 g/mol. The predicted molar refractivity (Wildman–Crippen MR) is 105 cm³/mol. The van der Waals surface area contributed by atoms with Gasteiger partial charge in [0.05, 0.1) is 10.6 Å². The third-order valence-corrected chi connectivity index (χ3v) is 7.20. The lowest BCUT2D eigenvalue weighted by atomic mass is 10.3. The van der Waals surface area contributed by atoms with Crippen LogP contribution in [0.4, 0.5) is 5.69 Å². The van der Waals surface area contributed by atoms with Crippen LogP contribution in [-0.4, -0.2) is 37.5 Å². The highest BCUT2D eigenvalue weighted by Gasteiger charge is 2.26. The highest BCUT2D eigenvalue weighted by molar-refractivity contribution is 8.00. The first-order valence-corrected chi connectivity index (χ1v) is 11.0. The van der Waals surface area contributed by atoms with E-state index in [-0.39, 0.29) is 16.6 Å². The summed E-state index contributed by atoms with van der Waals surface area (Å²) in [5.41, 5.74) is 0.576. The van der Waals surface area contributed by atoms with Crippen LogP contribution in [0.15, 0.2) is 58.3 Å². The lowest BCUT2D eigenvalue weighted by Crippen LogP contribution is -2.27. The number of nitrogens with zero attached hydrogens (tertiary/aromatic N) is 1. The average Bonchev–Trinajstić information content (AvgIpc) is 3.17. The van der Waals surface area contributed by atoms with Gasteiger partial charge in [-0.15, -0.1) is 11.8 Å². The molecule has 26 heavy (non-hydrogen) atoms. The van der Waals surface area contributed by atoms with Gasteiger partial charge in [0.1, 0.15) is 0 Å². The van der Waals surface area contributed by atoms with E-state index >= 15 is 0 Å². The molecule has 0 aliphatic carbocycles. The van der Waals surface area contributed by atoms with Gasteiger partial charge in [-0.2, -0.15) is 4.31 Å². The number of thioether (sulfide) groups is 1. The number of hydrogen-bond acceptors (Lipinski definition) is 4. The quantitative estimate of drug-likeness (QED) is 0.734. The van der Waals surface area contributed by atoms with Crippen LogP contribution < -0.4 is 5.32 Å². The normalized spacial score (nSPS) is 15.1. The Labute approximate surface area is 162 Å². The average molecular weight is 411 g/mol. The van der Waals surface area contributed by atoms with Gasteiger partial charge in [-0.3, -0.25) is 4.79 Å². The van der Waals surface area contributed by atoms with Crippen molar-refractivity contribution in [3.63, 3.8) is 0 Å². The van der Waals surface area contributed by atoms with E-state index in [1.807, 2.05) is 12.1 Å². The summed E-state index contributed by atoms with van der Waals surface area (Å²) in [5.74, 6) is 0.107. The van der Waals surface area contributed by atoms with Crippen molar-refractivity contribution in [2.24, 2.45) is 0 Å². The zero-order chi connectivity index (χ0) is 18.6. The fourth-order valence-electron chi connectivity index (χ4n) is 2.66. The third-order valence-electron chi connectivity index (χ3n) is 4.02. The van der Waals surface area contributed by atoms with Gasteiger partial charge in [0.25, 0.3) is 0 Å². The molecule has 0 aromatic heterocycles. The van der Waals surface area contributed by atoms with Crippen molar-refractivity contribution in [2.45, 2.75) is 22.6 Å². The van der Waals surface area contributed by atoms with Crippen molar-refractivity contribution in [1.82, 2.24) is 4.31 Å². The second-order valence-electron chi connectivity index (χ2n) is 5.93. The van der Waals surface area contributed by atoms with E-state index in [1.54, 1.807) is 24.3 Å². The molecular formula is C18H19ClN2O3S2. The van der Waals surface area contributed by atoms with Gasteiger partial charge >= 0.3 is 0 Å². The number of halogens is 1. The smallest absolute Gasteiger partial charge is 0.243 e. The Hall–Kier alpha value is -1.54. The van der Waals surface area contributed by atoms with E-state index in [0.29, 0.717) is 23.8 Å². The summed E-state index contributed by atoms with van der Waals surface area (Å²) < 4.78 is 26.5. The summed E-state index contributed by atoms with van der Waals surface area (Å²) >= 11 is 7.24. The molecule has 0 spiro atoms. The number of nitrogens with one attached hydrogen (secondary N) is 1. The van der Waals surface area contributed by atoms with Gasteiger partial charge < -0.3 is 5.32 Å². The summed E-state index contributed by atoms with van der Waals surface area (Å²) in [4.78, 5) is 13.3. The first-order valence-electron chi connectivity index (χ1n) is 8.23. The molecule has 3 rings (SSSR count). The fraction of sp³-hybridized carbons (Fsp3) is 0.278. The van der Waals surface area contributed by atoms with E-state index < -0.39 is 10.0 Å². The van der Waals surface area contributed by atoms with Gasteiger partial charge in [-0.25, -0.2) is 8.42 Å². The molecule has 1 N–H and O–H groups in total. The number of anilines is 1. The summed E-state index contributed by atoms with van der Waals surface area (Å²) in [6, 6.07) is 13.6. The van der Waals surface area contributed by atoms with E-state index in [9.17, 15) is 13.2 Å². The Bertz CT molecular complexity index is 862.